The average molecular weight is 712 g/mol. The van der Waals surface area contributed by atoms with Crippen molar-refractivity contribution < 1.29 is 24.4 Å². The van der Waals surface area contributed by atoms with E-state index >= 15 is 0 Å². The topological polar surface area (TPSA) is 107 Å². The van der Waals surface area contributed by atoms with Gasteiger partial charge in [0.05, 0.1) is 30.9 Å². The molecule has 3 aromatic carbocycles. The normalized spacial score (nSPS) is 13.0. The summed E-state index contributed by atoms with van der Waals surface area (Å²) in [5.41, 5.74) is 1.63. The number of nitrogens with zero attached hydrogens (tertiary/aromatic N) is 3. The van der Waals surface area contributed by atoms with Crippen molar-refractivity contribution in [2.45, 2.75) is 112 Å². The number of rotatable bonds is 23. The van der Waals surface area contributed by atoms with Crippen LogP contribution in [0.15, 0.2) is 60.7 Å². The first-order chi connectivity index (χ1) is 25.3. The number of phenols is 2. The third-order valence-corrected chi connectivity index (χ3v) is 9.99. The molecule has 3 atom stereocenters. The number of hydrogen-bond acceptors (Lipinski definition) is 8. The Balaban J connectivity index is 1.65. The van der Waals surface area contributed by atoms with Gasteiger partial charge in [0.15, 0.2) is 17.5 Å². The quantitative estimate of drug-likeness (QED) is 0.0783. The first-order valence-electron chi connectivity index (χ1n) is 19.7. The predicted octanol–water partition coefficient (Wildman–Crippen LogP) is 11.7. The Morgan fingerprint density at radius 3 is 1.29 bits per heavy atom. The molecule has 0 aliphatic carbocycles. The van der Waals surface area contributed by atoms with Gasteiger partial charge in [-0.1, -0.05) is 92.9 Å². The van der Waals surface area contributed by atoms with Crippen LogP contribution in [0.2, 0.25) is 0 Å². The summed E-state index contributed by atoms with van der Waals surface area (Å²) in [5, 5.41) is 22.5. The zero-order valence-electron chi connectivity index (χ0n) is 32.4. The van der Waals surface area contributed by atoms with Crippen LogP contribution in [-0.4, -0.2) is 45.0 Å². The Morgan fingerprint density at radius 2 is 0.885 bits per heavy atom. The minimum absolute atomic E-state index is 0.00466. The Labute approximate surface area is 312 Å². The SMILES string of the molecule is CCCCC(CC)COc1ccc(-c2nc(-c3ccc(OCC(CC)CCC)cc3)nc(-c3ccc(OCC(CC)CCCC)cc3O)n2)c(O)c1. The molecule has 4 rings (SSSR count). The average Bonchev–Trinajstić information content (AvgIpc) is 3.16. The number of ether oxygens (including phenoxy) is 3. The van der Waals surface area contributed by atoms with Crippen LogP contribution < -0.4 is 14.2 Å². The smallest absolute Gasteiger partial charge is 0.167 e. The second kappa shape index (κ2) is 21.3. The van der Waals surface area contributed by atoms with Gasteiger partial charge >= 0.3 is 0 Å². The van der Waals surface area contributed by atoms with Crippen LogP contribution in [0.4, 0.5) is 0 Å². The van der Waals surface area contributed by atoms with Gasteiger partial charge in [-0.15, -0.1) is 0 Å². The Morgan fingerprint density at radius 1 is 0.481 bits per heavy atom. The first kappa shape index (κ1) is 40.4. The second-order valence-corrected chi connectivity index (χ2v) is 14.0. The monoisotopic (exact) mass is 711 g/mol. The molecule has 0 spiro atoms. The van der Waals surface area contributed by atoms with Gasteiger partial charge in [0, 0.05) is 17.7 Å². The predicted molar refractivity (Wildman–Crippen MR) is 211 cm³/mol. The van der Waals surface area contributed by atoms with E-state index in [-0.39, 0.29) is 23.1 Å². The van der Waals surface area contributed by atoms with Gasteiger partial charge in [-0.25, -0.2) is 15.0 Å². The molecule has 2 N–H and O–H groups in total. The number of phenolic OH excluding ortho intramolecular Hbond substituents is 2. The lowest BCUT2D eigenvalue weighted by molar-refractivity contribution is 0.232. The van der Waals surface area contributed by atoms with Crippen LogP contribution in [0.25, 0.3) is 34.2 Å². The van der Waals surface area contributed by atoms with Gasteiger partial charge in [0.25, 0.3) is 0 Å². The van der Waals surface area contributed by atoms with E-state index in [0.29, 0.717) is 66.0 Å². The van der Waals surface area contributed by atoms with E-state index in [9.17, 15) is 10.2 Å². The van der Waals surface area contributed by atoms with Gasteiger partial charge in [-0.05, 0) is 85.5 Å². The molecular formula is C44H61N3O5. The summed E-state index contributed by atoms with van der Waals surface area (Å²) in [6.07, 6.45) is 12.4. The van der Waals surface area contributed by atoms with Crippen molar-refractivity contribution in [2.24, 2.45) is 17.8 Å². The third kappa shape index (κ3) is 11.9. The van der Waals surface area contributed by atoms with E-state index in [1.54, 1.807) is 24.3 Å². The van der Waals surface area contributed by atoms with Crippen LogP contribution in [0, 0.1) is 17.8 Å². The van der Waals surface area contributed by atoms with Crippen molar-refractivity contribution in [1.29, 1.82) is 0 Å². The minimum atomic E-state index is 0.00466. The molecule has 0 aliphatic rings. The molecule has 52 heavy (non-hydrogen) atoms. The van der Waals surface area contributed by atoms with Crippen molar-refractivity contribution in [1.82, 2.24) is 15.0 Å². The van der Waals surface area contributed by atoms with Crippen molar-refractivity contribution in [3.8, 4) is 62.9 Å². The highest BCUT2D eigenvalue weighted by Gasteiger charge is 2.19. The molecule has 3 unspecified atom stereocenters. The Kier molecular flexibility index (Phi) is 16.5. The summed E-state index contributed by atoms with van der Waals surface area (Å²) < 4.78 is 18.3. The van der Waals surface area contributed by atoms with Crippen molar-refractivity contribution >= 4 is 0 Å². The maximum atomic E-state index is 11.2. The fraction of sp³-hybridized carbons (Fsp3) is 0.523. The van der Waals surface area contributed by atoms with Crippen molar-refractivity contribution in [2.75, 3.05) is 19.8 Å². The molecule has 0 bridgehead atoms. The molecule has 0 aliphatic heterocycles. The largest absolute Gasteiger partial charge is 0.507 e. The molecule has 1 aromatic heterocycles. The van der Waals surface area contributed by atoms with Crippen LogP contribution >= 0.6 is 0 Å². The van der Waals surface area contributed by atoms with E-state index in [1.165, 1.54) is 12.8 Å². The van der Waals surface area contributed by atoms with E-state index in [0.717, 1.165) is 69.1 Å². The molecule has 0 fully saturated rings. The summed E-state index contributed by atoms with van der Waals surface area (Å²) in [6, 6.07) is 18.2. The number of benzene rings is 3. The highest BCUT2D eigenvalue weighted by molar-refractivity contribution is 5.73. The number of unbranched alkanes of at least 4 members (excludes halogenated alkanes) is 2. The summed E-state index contributed by atoms with van der Waals surface area (Å²) >= 11 is 0. The first-order valence-corrected chi connectivity index (χ1v) is 19.7. The lowest BCUT2D eigenvalue weighted by Crippen LogP contribution is -2.11. The van der Waals surface area contributed by atoms with Gasteiger partial charge < -0.3 is 24.4 Å². The van der Waals surface area contributed by atoms with Crippen molar-refractivity contribution in [3.05, 3.63) is 60.7 Å². The van der Waals surface area contributed by atoms with Crippen LogP contribution in [-0.2, 0) is 0 Å². The third-order valence-electron chi connectivity index (χ3n) is 9.99. The molecule has 0 amide bonds. The van der Waals surface area contributed by atoms with Crippen molar-refractivity contribution in [3.63, 3.8) is 0 Å². The zero-order chi connectivity index (χ0) is 37.3. The summed E-state index contributed by atoms with van der Waals surface area (Å²) in [5.74, 6) is 4.42. The highest BCUT2D eigenvalue weighted by atomic mass is 16.5. The van der Waals surface area contributed by atoms with Gasteiger partial charge in [-0.2, -0.15) is 0 Å². The second-order valence-electron chi connectivity index (χ2n) is 14.0. The fourth-order valence-electron chi connectivity index (χ4n) is 6.28. The lowest BCUT2D eigenvalue weighted by atomic mass is 10.0. The number of hydrogen-bond donors (Lipinski definition) is 2. The molecule has 282 valence electrons. The van der Waals surface area contributed by atoms with Gasteiger partial charge in [-0.3, -0.25) is 0 Å². The Hall–Kier alpha value is -4.33. The number of aromatic hydroxyl groups is 2. The van der Waals surface area contributed by atoms with Crippen LogP contribution in [0.1, 0.15) is 112 Å². The van der Waals surface area contributed by atoms with Gasteiger partial charge in [0.2, 0.25) is 0 Å². The molecule has 0 radical (unpaired) electrons. The molecule has 0 saturated carbocycles. The summed E-state index contributed by atoms with van der Waals surface area (Å²) in [4.78, 5) is 14.4. The standard InChI is InChI=1S/C44H61N3O5/c1-7-13-16-32(11-5)29-51-36-22-24-38(40(48)26-36)43-45-42(34-18-20-35(21-19-34)50-28-31(10-4)15-9-3)46-44(47-43)39-25-23-37(27-41(39)49)52-30-33(12-6)17-14-8-2/h18-27,31-33,48-49H,7-17,28-30H2,1-6H3. The van der Waals surface area contributed by atoms with E-state index in [1.807, 2.05) is 36.4 Å². The molecule has 1 heterocycles. The summed E-state index contributed by atoms with van der Waals surface area (Å²) in [7, 11) is 0. The Bertz CT molecular complexity index is 1560. The maximum absolute atomic E-state index is 11.2. The maximum Gasteiger partial charge on any atom is 0.167 e. The summed E-state index contributed by atoms with van der Waals surface area (Å²) in [6.45, 7) is 15.1. The van der Waals surface area contributed by atoms with E-state index in [4.69, 9.17) is 29.2 Å². The zero-order valence-corrected chi connectivity index (χ0v) is 32.4. The van der Waals surface area contributed by atoms with E-state index < -0.39 is 0 Å². The fourth-order valence-corrected chi connectivity index (χ4v) is 6.28. The minimum Gasteiger partial charge on any atom is -0.507 e. The van der Waals surface area contributed by atoms with Crippen LogP contribution in [0.3, 0.4) is 0 Å². The number of aromatic nitrogens is 3. The molecule has 8 nitrogen and oxygen atoms in total. The van der Waals surface area contributed by atoms with Crippen LogP contribution in [0.5, 0.6) is 28.7 Å². The van der Waals surface area contributed by atoms with Gasteiger partial charge in [0.1, 0.15) is 28.7 Å². The molecular weight excluding hydrogens is 651 g/mol. The molecule has 8 heteroatoms. The van der Waals surface area contributed by atoms with E-state index in [2.05, 4.69) is 41.5 Å². The molecule has 4 aromatic rings. The lowest BCUT2D eigenvalue weighted by Gasteiger charge is -2.17. The molecule has 0 saturated heterocycles. The highest BCUT2D eigenvalue weighted by Crippen LogP contribution is 2.36.